The predicted molar refractivity (Wildman–Crippen MR) is 87.2 cm³/mol. The number of rotatable bonds is 3. The van der Waals surface area contributed by atoms with Crippen molar-refractivity contribution in [2.24, 2.45) is 5.84 Å². The van der Waals surface area contributed by atoms with Gasteiger partial charge in [-0.3, -0.25) is 4.79 Å². The third-order valence-corrected chi connectivity index (χ3v) is 5.02. The molecule has 0 fully saturated rings. The number of pyridine rings is 1. The molecule has 2 heterocycles. The van der Waals surface area contributed by atoms with Crippen LogP contribution in [0.2, 0.25) is 0 Å². The molecule has 0 saturated heterocycles. The van der Waals surface area contributed by atoms with E-state index in [-0.39, 0.29) is 11.9 Å². The van der Waals surface area contributed by atoms with Crippen LogP contribution in [0.4, 0.5) is 5.82 Å². The molecule has 4 N–H and O–H groups in total. The van der Waals surface area contributed by atoms with Gasteiger partial charge in [-0.1, -0.05) is 0 Å². The minimum atomic E-state index is -0.166. The molecule has 0 aliphatic heterocycles. The van der Waals surface area contributed by atoms with Crippen LogP contribution in [0, 0.1) is 0 Å². The number of amides is 1. The first-order valence-electron chi connectivity index (χ1n) is 6.68. The summed E-state index contributed by atoms with van der Waals surface area (Å²) < 4.78 is 0.742. The minimum Gasteiger partial charge on any atom is -0.345 e. The average Bonchev–Trinajstić information content (AvgIpc) is 2.96. The molecule has 1 amide bonds. The number of nitrogens with two attached hydrogens (primary N) is 1. The molecule has 0 saturated carbocycles. The van der Waals surface area contributed by atoms with E-state index in [0.717, 1.165) is 23.7 Å². The molecule has 0 bridgehead atoms. The maximum absolute atomic E-state index is 12.5. The van der Waals surface area contributed by atoms with Gasteiger partial charge in [-0.15, -0.1) is 11.3 Å². The van der Waals surface area contributed by atoms with E-state index < -0.39 is 0 Å². The van der Waals surface area contributed by atoms with Crippen LogP contribution in [0.5, 0.6) is 0 Å². The number of hydrogen-bond acceptors (Lipinski definition) is 5. The van der Waals surface area contributed by atoms with Gasteiger partial charge in [-0.2, -0.15) is 0 Å². The highest BCUT2D eigenvalue weighted by Crippen LogP contribution is 2.33. The smallest absolute Gasteiger partial charge is 0.255 e. The molecule has 3 rings (SSSR count). The summed E-state index contributed by atoms with van der Waals surface area (Å²) in [5, 5.41) is 5.18. The summed E-state index contributed by atoms with van der Waals surface area (Å²) in [7, 11) is 0. The second kappa shape index (κ2) is 6.13. The number of thiophene rings is 1. The first-order chi connectivity index (χ1) is 10.2. The molecule has 0 spiro atoms. The van der Waals surface area contributed by atoms with Gasteiger partial charge in [0.25, 0.3) is 5.91 Å². The lowest BCUT2D eigenvalue weighted by Crippen LogP contribution is -2.31. The van der Waals surface area contributed by atoms with Crippen molar-refractivity contribution in [1.82, 2.24) is 10.3 Å². The fourth-order valence-corrected chi connectivity index (χ4v) is 3.92. The first kappa shape index (κ1) is 14.5. The van der Waals surface area contributed by atoms with Crippen molar-refractivity contribution >= 4 is 39.0 Å². The van der Waals surface area contributed by atoms with Crippen LogP contribution in [-0.2, 0) is 6.42 Å². The van der Waals surface area contributed by atoms with Crippen molar-refractivity contribution in [3.63, 3.8) is 0 Å². The van der Waals surface area contributed by atoms with Crippen molar-refractivity contribution in [3.8, 4) is 0 Å². The van der Waals surface area contributed by atoms with Gasteiger partial charge in [0.05, 0.1) is 11.6 Å². The summed E-state index contributed by atoms with van der Waals surface area (Å²) in [6, 6.07) is 3.89. The van der Waals surface area contributed by atoms with Crippen molar-refractivity contribution < 1.29 is 4.79 Å². The van der Waals surface area contributed by atoms with E-state index in [4.69, 9.17) is 5.84 Å². The second-order valence-corrected chi connectivity index (χ2v) is 6.83. The fourth-order valence-electron chi connectivity index (χ4n) is 2.60. The highest BCUT2D eigenvalue weighted by molar-refractivity contribution is 9.10. The largest absolute Gasteiger partial charge is 0.345 e. The molecule has 0 aromatic carbocycles. The third-order valence-electron chi connectivity index (χ3n) is 3.59. The van der Waals surface area contributed by atoms with Gasteiger partial charge in [0.2, 0.25) is 0 Å². The normalized spacial score (nSPS) is 17.1. The van der Waals surface area contributed by atoms with E-state index in [1.54, 1.807) is 23.6 Å². The second-order valence-electron chi connectivity index (χ2n) is 4.91. The van der Waals surface area contributed by atoms with Gasteiger partial charge < -0.3 is 10.7 Å². The van der Waals surface area contributed by atoms with Gasteiger partial charge in [0, 0.05) is 15.5 Å². The maximum atomic E-state index is 12.5. The standard InChI is InChI=1S/C14H15BrN4OS/c15-8-6-10(13(19-16)17-7-8)14(20)18-11-2-1-3-12-9(11)4-5-21-12/h4-7,11H,1-3,16H2,(H,17,19)(H,18,20). The zero-order valence-electron chi connectivity index (χ0n) is 11.2. The monoisotopic (exact) mass is 366 g/mol. The number of halogens is 1. The number of aromatic nitrogens is 1. The summed E-state index contributed by atoms with van der Waals surface area (Å²) in [5.74, 6) is 5.63. The number of aryl methyl sites for hydroxylation is 1. The number of nitrogens with one attached hydrogen (secondary N) is 2. The Kier molecular flexibility index (Phi) is 4.23. The third kappa shape index (κ3) is 2.95. The molecule has 5 nitrogen and oxygen atoms in total. The minimum absolute atomic E-state index is 0.0668. The summed E-state index contributed by atoms with van der Waals surface area (Å²) in [6.45, 7) is 0. The van der Waals surface area contributed by atoms with Crippen LogP contribution in [0.3, 0.4) is 0 Å². The van der Waals surface area contributed by atoms with Gasteiger partial charge in [0.1, 0.15) is 0 Å². The van der Waals surface area contributed by atoms with E-state index >= 15 is 0 Å². The van der Waals surface area contributed by atoms with Gasteiger partial charge in [-0.05, 0) is 58.3 Å². The highest BCUT2D eigenvalue weighted by Gasteiger charge is 2.24. The Balaban J connectivity index is 1.84. The fraction of sp³-hybridized carbons (Fsp3) is 0.286. The lowest BCUT2D eigenvalue weighted by atomic mass is 9.94. The Morgan fingerprint density at radius 2 is 2.38 bits per heavy atom. The molecule has 1 aliphatic rings. The molecular formula is C14H15BrN4OS. The molecular weight excluding hydrogens is 352 g/mol. The Morgan fingerprint density at radius 3 is 3.19 bits per heavy atom. The predicted octanol–water partition coefficient (Wildman–Crippen LogP) is 3.00. The number of nitrogens with zero attached hydrogens (tertiary/aromatic N) is 1. The molecule has 2 aromatic rings. The summed E-state index contributed by atoms with van der Waals surface area (Å²) >= 11 is 5.09. The molecule has 1 unspecified atom stereocenters. The molecule has 21 heavy (non-hydrogen) atoms. The summed E-state index contributed by atoms with van der Waals surface area (Å²) in [4.78, 5) is 18.0. The number of hydrazine groups is 1. The molecule has 1 atom stereocenters. The molecule has 110 valence electrons. The van der Waals surface area contributed by atoms with E-state index in [1.165, 1.54) is 10.4 Å². The number of nitrogen functional groups attached to an aromatic ring is 1. The molecule has 0 radical (unpaired) electrons. The topological polar surface area (TPSA) is 80.0 Å². The Labute approximate surface area is 135 Å². The maximum Gasteiger partial charge on any atom is 0.255 e. The zero-order chi connectivity index (χ0) is 14.8. The number of anilines is 1. The van der Waals surface area contributed by atoms with Gasteiger partial charge in [-0.25, -0.2) is 10.8 Å². The van der Waals surface area contributed by atoms with E-state index in [2.05, 4.69) is 43.1 Å². The summed E-state index contributed by atoms with van der Waals surface area (Å²) in [6.07, 6.45) is 4.76. The summed E-state index contributed by atoms with van der Waals surface area (Å²) in [5.41, 5.74) is 4.14. The van der Waals surface area contributed by atoms with E-state index in [0.29, 0.717) is 11.4 Å². The SMILES string of the molecule is NNc1ncc(Br)cc1C(=O)NC1CCCc2sccc21. The van der Waals surface area contributed by atoms with Crippen LogP contribution in [0.15, 0.2) is 28.2 Å². The highest BCUT2D eigenvalue weighted by atomic mass is 79.9. The Morgan fingerprint density at radius 1 is 1.52 bits per heavy atom. The van der Waals surface area contributed by atoms with Crippen LogP contribution in [0.25, 0.3) is 0 Å². The van der Waals surface area contributed by atoms with Crippen molar-refractivity contribution in [2.75, 3.05) is 5.43 Å². The van der Waals surface area contributed by atoms with Crippen molar-refractivity contribution in [1.29, 1.82) is 0 Å². The van der Waals surface area contributed by atoms with Crippen molar-refractivity contribution in [2.45, 2.75) is 25.3 Å². The van der Waals surface area contributed by atoms with Gasteiger partial charge >= 0.3 is 0 Å². The van der Waals surface area contributed by atoms with Crippen molar-refractivity contribution in [3.05, 3.63) is 44.2 Å². The zero-order valence-corrected chi connectivity index (χ0v) is 13.6. The van der Waals surface area contributed by atoms with Crippen LogP contribution in [0.1, 0.15) is 39.7 Å². The lowest BCUT2D eigenvalue weighted by molar-refractivity contribution is 0.0933. The number of fused-ring (bicyclic) bond motifs is 1. The average molecular weight is 367 g/mol. The van der Waals surface area contributed by atoms with E-state index in [9.17, 15) is 4.79 Å². The number of hydrogen-bond donors (Lipinski definition) is 3. The molecule has 1 aliphatic carbocycles. The van der Waals surface area contributed by atoms with Crippen LogP contribution < -0.4 is 16.6 Å². The first-order valence-corrected chi connectivity index (χ1v) is 8.35. The van der Waals surface area contributed by atoms with Gasteiger partial charge in [0.15, 0.2) is 5.82 Å². The Hall–Kier alpha value is -1.44. The lowest BCUT2D eigenvalue weighted by Gasteiger charge is -2.24. The van der Waals surface area contributed by atoms with E-state index in [1.807, 2.05) is 0 Å². The van der Waals surface area contributed by atoms with Crippen LogP contribution in [-0.4, -0.2) is 10.9 Å². The molecule has 2 aromatic heterocycles. The molecule has 7 heteroatoms. The number of carbonyl (C=O) groups is 1. The van der Waals surface area contributed by atoms with Crippen LogP contribution >= 0.6 is 27.3 Å². The quantitative estimate of drug-likeness (QED) is 0.576. The Bertz CT molecular complexity index is 673. The number of carbonyl (C=O) groups excluding carboxylic acids is 1.